The normalized spacial score (nSPS) is 20.7. The molecule has 1 fully saturated rings. The van der Waals surface area contributed by atoms with Crippen LogP contribution < -0.4 is 5.73 Å². The van der Waals surface area contributed by atoms with Crippen molar-refractivity contribution in [2.24, 2.45) is 11.7 Å². The topological polar surface area (TPSA) is 66.6 Å². The maximum atomic E-state index is 11.8. The molecule has 4 heteroatoms. The van der Waals surface area contributed by atoms with Crippen LogP contribution in [-0.2, 0) is 4.79 Å². The molecule has 3 N–H and O–H groups in total. The van der Waals surface area contributed by atoms with E-state index < -0.39 is 12.1 Å². The van der Waals surface area contributed by atoms with Gasteiger partial charge in [-0.15, -0.1) is 0 Å². The third-order valence-electron chi connectivity index (χ3n) is 2.82. The second kappa shape index (κ2) is 5.47. The highest BCUT2D eigenvalue weighted by molar-refractivity contribution is 5.81. The predicted octanol–water partition coefficient (Wildman–Crippen LogP) is 0.343. The van der Waals surface area contributed by atoms with Gasteiger partial charge in [0.25, 0.3) is 5.91 Å². The molecule has 0 unspecified atom stereocenters. The molecule has 0 aliphatic carbocycles. The van der Waals surface area contributed by atoms with Crippen molar-refractivity contribution in [1.29, 1.82) is 0 Å². The van der Waals surface area contributed by atoms with Gasteiger partial charge in [0, 0.05) is 19.1 Å². The summed E-state index contributed by atoms with van der Waals surface area (Å²) < 4.78 is 0. The first-order valence-electron chi connectivity index (χ1n) is 5.74. The number of hydrogen-bond donors (Lipinski definition) is 2. The predicted molar refractivity (Wildman–Crippen MR) is 59.3 cm³/mol. The van der Waals surface area contributed by atoms with Crippen LogP contribution in [-0.4, -0.2) is 41.1 Å². The van der Waals surface area contributed by atoms with E-state index in [2.05, 4.69) is 0 Å². The molecule has 15 heavy (non-hydrogen) atoms. The first-order valence-corrected chi connectivity index (χ1v) is 5.74. The van der Waals surface area contributed by atoms with Crippen molar-refractivity contribution in [3.05, 3.63) is 0 Å². The van der Waals surface area contributed by atoms with Crippen molar-refractivity contribution in [2.45, 2.75) is 45.3 Å². The Kier molecular flexibility index (Phi) is 4.54. The third-order valence-corrected chi connectivity index (χ3v) is 2.82. The van der Waals surface area contributed by atoms with Gasteiger partial charge in [-0.2, -0.15) is 0 Å². The number of nitrogens with two attached hydrogens (primary N) is 1. The number of carbonyl (C=O) groups is 1. The van der Waals surface area contributed by atoms with Gasteiger partial charge in [0.1, 0.15) is 6.10 Å². The van der Waals surface area contributed by atoms with E-state index >= 15 is 0 Å². The summed E-state index contributed by atoms with van der Waals surface area (Å²) in [4.78, 5) is 13.5. The second-order valence-corrected chi connectivity index (χ2v) is 4.77. The minimum atomic E-state index is -1.02. The monoisotopic (exact) mass is 214 g/mol. The van der Waals surface area contributed by atoms with Crippen LogP contribution in [0.1, 0.15) is 33.1 Å². The molecule has 0 aromatic rings. The fourth-order valence-electron chi connectivity index (χ4n) is 1.98. The van der Waals surface area contributed by atoms with Gasteiger partial charge in [-0.25, -0.2) is 0 Å². The largest absolute Gasteiger partial charge is 0.382 e. The second-order valence-electron chi connectivity index (χ2n) is 4.77. The Morgan fingerprint density at radius 1 is 1.40 bits per heavy atom. The fourth-order valence-corrected chi connectivity index (χ4v) is 1.98. The lowest BCUT2D eigenvalue weighted by Gasteiger charge is -2.24. The first kappa shape index (κ1) is 12.5. The highest BCUT2D eigenvalue weighted by atomic mass is 16.3. The van der Waals surface area contributed by atoms with Gasteiger partial charge in [-0.1, -0.05) is 13.8 Å². The van der Waals surface area contributed by atoms with Crippen LogP contribution in [0.3, 0.4) is 0 Å². The number of aliphatic hydroxyl groups is 1. The van der Waals surface area contributed by atoms with E-state index in [9.17, 15) is 9.90 Å². The summed E-state index contributed by atoms with van der Waals surface area (Å²) in [6.07, 6.45) is 1.74. The minimum absolute atomic E-state index is 0.194. The lowest BCUT2D eigenvalue weighted by Crippen LogP contribution is -2.47. The molecule has 1 saturated heterocycles. The number of likely N-dealkylation sites (tertiary alicyclic amines) is 1. The molecular weight excluding hydrogens is 192 g/mol. The summed E-state index contributed by atoms with van der Waals surface area (Å²) in [5.74, 6) is 0.210. The van der Waals surface area contributed by atoms with Gasteiger partial charge in [0.2, 0.25) is 0 Å². The highest BCUT2D eigenvalue weighted by Gasteiger charge is 2.29. The summed E-state index contributed by atoms with van der Waals surface area (Å²) in [7, 11) is 0. The van der Waals surface area contributed by atoms with E-state index in [0.29, 0.717) is 12.3 Å². The lowest BCUT2D eigenvalue weighted by molar-refractivity contribution is -0.140. The van der Waals surface area contributed by atoms with E-state index in [4.69, 9.17) is 5.73 Å². The molecule has 1 aliphatic rings. The molecular formula is C11H22N2O2. The van der Waals surface area contributed by atoms with E-state index in [-0.39, 0.29) is 5.91 Å². The van der Waals surface area contributed by atoms with Gasteiger partial charge in [0.05, 0.1) is 0 Å². The highest BCUT2D eigenvalue weighted by Crippen LogP contribution is 2.13. The zero-order valence-corrected chi connectivity index (χ0v) is 9.65. The Morgan fingerprint density at radius 3 is 2.40 bits per heavy atom. The van der Waals surface area contributed by atoms with E-state index in [1.807, 2.05) is 13.8 Å². The van der Waals surface area contributed by atoms with Gasteiger partial charge < -0.3 is 15.7 Å². The van der Waals surface area contributed by atoms with Crippen LogP contribution in [0.4, 0.5) is 0 Å². The molecule has 2 atom stereocenters. The Hall–Kier alpha value is -0.610. The molecule has 4 nitrogen and oxygen atoms in total. The number of aliphatic hydroxyl groups excluding tert-OH is 1. The summed E-state index contributed by atoms with van der Waals surface area (Å²) in [6, 6.07) is -0.432. The van der Waals surface area contributed by atoms with Crippen molar-refractivity contribution in [3.63, 3.8) is 0 Å². The average Bonchev–Trinajstić information content (AvgIpc) is 2.67. The van der Waals surface area contributed by atoms with Crippen LogP contribution >= 0.6 is 0 Å². The van der Waals surface area contributed by atoms with Crippen LogP contribution in [0, 0.1) is 5.92 Å². The van der Waals surface area contributed by atoms with Crippen LogP contribution in [0.5, 0.6) is 0 Å². The molecule has 0 spiro atoms. The number of hydrogen-bond acceptors (Lipinski definition) is 3. The molecule has 1 heterocycles. The smallest absolute Gasteiger partial charge is 0.253 e. The standard InChI is InChI=1S/C11H22N2O2/c1-8(2)7-9(12)10(14)11(15)13-5-3-4-6-13/h8-10,14H,3-7,12H2,1-2H3/t9-,10-/m0/s1. The Balaban J connectivity index is 2.43. The maximum Gasteiger partial charge on any atom is 0.253 e. The molecule has 1 rings (SSSR count). The first-order chi connectivity index (χ1) is 7.02. The summed E-state index contributed by atoms with van der Waals surface area (Å²) >= 11 is 0. The van der Waals surface area contributed by atoms with Gasteiger partial charge >= 0.3 is 0 Å². The molecule has 0 aromatic heterocycles. The number of carbonyl (C=O) groups excluding carboxylic acids is 1. The van der Waals surface area contributed by atoms with E-state index in [1.165, 1.54) is 0 Å². The van der Waals surface area contributed by atoms with Crippen molar-refractivity contribution in [2.75, 3.05) is 13.1 Å². The molecule has 1 amide bonds. The van der Waals surface area contributed by atoms with Gasteiger partial charge in [-0.05, 0) is 25.2 Å². The fraction of sp³-hybridized carbons (Fsp3) is 0.909. The Labute approximate surface area is 91.4 Å². The molecule has 0 aromatic carbocycles. The third kappa shape index (κ3) is 3.47. The quantitative estimate of drug-likeness (QED) is 0.709. The molecule has 0 radical (unpaired) electrons. The van der Waals surface area contributed by atoms with Crippen molar-refractivity contribution in [1.82, 2.24) is 4.90 Å². The SMILES string of the molecule is CC(C)C[C@H](N)[C@H](O)C(=O)N1CCCC1. The van der Waals surface area contributed by atoms with Crippen molar-refractivity contribution < 1.29 is 9.90 Å². The molecule has 1 aliphatic heterocycles. The summed E-state index contributed by atoms with van der Waals surface area (Å²) in [5.41, 5.74) is 5.79. The van der Waals surface area contributed by atoms with Crippen molar-refractivity contribution >= 4 is 5.91 Å². The zero-order valence-electron chi connectivity index (χ0n) is 9.65. The minimum Gasteiger partial charge on any atom is -0.382 e. The molecule has 0 bridgehead atoms. The molecule has 88 valence electrons. The van der Waals surface area contributed by atoms with Crippen LogP contribution in [0.15, 0.2) is 0 Å². The lowest BCUT2D eigenvalue weighted by atomic mass is 9.99. The Bertz CT molecular complexity index is 213. The number of rotatable bonds is 4. The number of amides is 1. The van der Waals surface area contributed by atoms with E-state index in [0.717, 1.165) is 25.9 Å². The maximum absolute atomic E-state index is 11.8. The Morgan fingerprint density at radius 2 is 1.93 bits per heavy atom. The average molecular weight is 214 g/mol. The summed E-state index contributed by atoms with van der Waals surface area (Å²) in [6.45, 7) is 5.61. The van der Waals surface area contributed by atoms with Crippen LogP contribution in [0.2, 0.25) is 0 Å². The zero-order chi connectivity index (χ0) is 11.4. The van der Waals surface area contributed by atoms with Gasteiger partial charge in [0.15, 0.2) is 0 Å². The van der Waals surface area contributed by atoms with E-state index in [1.54, 1.807) is 4.90 Å². The molecule has 0 saturated carbocycles. The summed E-state index contributed by atoms with van der Waals surface area (Å²) in [5, 5.41) is 9.78. The van der Waals surface area contributed by atoms with Crippen molar-refractivity contribution in [3.8, 4) is 0 Å². The van der Waals surface area contributed by atoms with Crippen LogP contribution in [0.25, 0.3) is 0 Å². The number of nitrogens with zero attached hydrogens (tertiary/aromatic N) is 1. The van der Waals surface area contributed by atoms with Gasteiger partial charge in [-0.3, -0.25) is 4.79 Å².